The van der Waals surface area contributed by atoms with Crippen LogP contribution in [0.15, 0.2) is 24.3 Å². The number of nitrogens with zero attached hydrogens (tertiary/aromatic N) is 2. The normalized spacial score (nSPS) is 16.6. The Morgan fingerprint density at radius 2 is 2.06 bits per heavy atom. The molecule has 1 fully saturated rings. The highest BCUT2D eigenvalue weighted by molar-refractivity contribution is 5.59. The minimum absolute atomic E-state index is 0.638. The molecule has 4 nitrogen and oxygen atoms in total. The SMILES string of the molecule is N#Cc1ccccc1N1CCC(CCON)CC1. The van der Waals surface area contributed by atoms with E-state index in [1.54, 1.807) is 0 Å². The van der Waals surface area contributed by atoms with Gasteiger partial charge in [-0.05, 0) is 37.3 Å². The van der Waals surface area contributed by atoms with E-state index in [4.69, 9.17) is 11.2 Å². The minimum Gasteiger partial charge on any atom is -0.370 e. The van der Waals surface area contributed by atoms with Crippen molar-refractivity contribution in [1.82, 2.24) is 0 Å². The Balaban J connectivity index is 1.95. The number of nitrogens with two attached hydrogens (primary N) is 1. The molecule has 0 radical (unpaired) electrons. The second kappa shape index (κ2) is 6.39. The number of anilines is 1. The van der Waals surface area contributed by atoms with Crippen molar-refractivity contribution in [2.45, 2.75) is 19.3 Å². The summed E-state index contributed by atoms with van der Waals surface area (Å²) >= 11 is 0. The zero-order valence-electron chi connectivity index (χ0n) is 10.5. The van der Waals surface area contributed by atoms with E-state index in [0.29, 0.717) is 12.5 Å². The van der Waals surface area contributed by atoms with Gasteiger partial charge in [0.05, 0.1) is 17.9 Å². The van der Waals surface area contributed by atoms with E-state index in [1.807, 2.05) is 24.3 Å². The van der Waals surface area contributed by atoms with Crippen molar-refractivity contribution in [2.75, 3.05) is 24.6 Å². The number of hydrogen-bond donors (Lipinski definition) is 1. The van der Waals surface area contributed by atoms with Crippen molar-refractivity contribution < 1.29 is 4.84 Å². The Kier molecular flexibility index (Phi) is 4.57. The number of para-hydroxylation sites is 1. The molecular formula is C14H19N3O. The summed E-state index contributed by atoms with van der Waals surface area (Å²) < 4.78 is 0. The highest BCUT2D eigenvalue weighted by Crippen LogP contribution is 2.27. The van der Waals surface area contributed by atoms with Gasteiger partial charge in [-0.1, -0.05) is 12.1 Å². The van der Waals surface area contributed by atoms with Gasteiger partial charge in [-0.2, -0.15) is 5.26 Å². The van der Waals surface area contributed by atoms with Gasteiger partial charge in [-0.25, -0.2) is 5.90 Å². The summed E-state index contributed by atoms with van der Waals surface area (Å²) in [7, 11) is 0. The maximum Gasteiger partial charge on any atom is 0.101 e. The Labute approximate surface area is 108 Å². The molecule has 96 valence electrons. The van der Waals surface area contributed by atoms with Gasteiger partial charge in [0.15, 0.2) is 0 Å². The lowest BCUT2D eigenvalue weighted by molar-refractivity contribution is 0.118. The number of benzene rings is 1. The van der Waals surface area contributed by atoms with Gasteiger partial charge in [0.25, 0.3) is 0 Å². The van der Waals surface area contributed by atoms with Crippen molar-refractivity contribution in [3.05, 3.63) is 29.8 Å². The molecule has 0 aromatic heterocycles. The molecule has 2 rings (SSSR count). The molecular weight excluding hydrogens is 226 g/mol. The summed E-state index contributed by atoms with van der Waals surface area (Å²) in [6.45, 7) is 2.65. The van der Waals surface area contributed by atoms with Crippen molar-refractivity contribution in [3.8, 4) is 6.07 Å². The summed E-state index contributed by atoms with van der Waals surface area (Å²) in [5, 5.41) is 9.11. The lowest BCUT2D eigenvalue weighted by Gasteiger charge is -2.34. The molecule has 0 atom stereocenters. The standard InChI is InChI=1S/C14H19N3O/c15-11-13-3-1-2-4-14(13)17-8-5-12(6-9-17)7-10-18-16/h1-4,12H,5-10,16H2. The average Bonchev–Trinajstić information content (AvgIpc) is 2.45. The van der Waals surface area contributed by atoms with Gasteiger partial charge in [0.1, 0.15) is 6.07 Å². The van der Waals surface area contributed by atoms with E-state index < -0.39 is 0 Å². The fourth-order valence-corrected chi connectivity index (χ4v) is 2.54. The van der Waals surface area contributed by atoms with Crippen LogP contribution in [-0.4, -0.2) is 19.7 Å². The lowest BCUT2D eigenvalue weighted by atomic mass is 9.93. The molecule has 1 heterocycles. The van der Waals surface area contributed by atoms with E-state index >= 15 is 0 Å². The highest BCUT2D eigenvalue weighted by atomic mass is 16.6. The maximum absolute atomic E-state index is 9.11. The van der Waals surface area contributed by atoms with Crippen molar-refractivity contribution in [2.24, 2.45) is 11.8 Å². The minimum atomic E-state index is 0.638. The summed E-state index contributed by atoms with van der Waals surface area (Å²) in [4.78, 5) is 6.94. The van der Waals surface area contributed by atoms with Crippen LogP contribution in [0.5, 0.6) is 0 Å². The first kappa shape index (κ1) is 12.9. The lowest BCUT2D eigenvalue weighted by Crippen LogP contribution is -2.34. The quantitative estimate of drug-likeness (QED) is 0.825. The van der Waals surface area contributed by atoms with Crippen LogP contribution in [0.4, 0.5) is 5.69 Å². The summed E-state index contributed by atoms with van der Waals surface area (Å²) in [6.07, 6.45) is 3.32. The van der Waals surface area contributed by atoms with Crippen LogP contribution in [0, 0.1) is 17.2 Å². The van der Waals surface area contributed by atoms with E-state index in [2.05, 4.69) is 15.8 Å². The molecule has 0 unspecified atom stereocenters. The molecule has 0 amide bonds. The monoisotopic (exact) mass is 245 g/mol. The fourth-order valence-electron chi connectivity index (χ4n) is 2.54. The average molecular weight is 245 g/mol. The molecule has 1 aliphatic rings. The summed E-state index contributed by atoms with van der Waals surface area (Å²) in [5.74, 6) is 5.75. The van der Waals surface area contributed by atoms with E-state index in [9.17, 15) is 0 Å². The molecule has 0 spiro atoms. The molecule has 18 heavy (non-hydrogen) atoms. The smallest absolute Gasteiger partial charge is 0.101 e. The van der Waals surface area contributed by atoms with Gasteiger partial charge < -0.3 is 9.74 Å². The first-order chi connectivity index (χ1) is 8.85. The van der Waals surface area contributed by atoms with Gasteiger partial charge in [0, 0.05) is 13.1 Å². The van der Waals surface area contributed by atoms with Gasteiger partial charge in [-0.15, -0.1) is 0 Å². The third-order valence-electron chi connectivity index (χ3n) is 3.62. The van der Waals surface area contributed by atoms with Crippen LogP contribution in [0.3, 0.4) is 0 Å². The highest BCUT2D eigenvalue weighted by Gasteiger charge is 2.20. The molecule has 0 bridgehead atoms. The fraction of sp³-hybridized carbons (Fsp3) is 0.500. The third kappa shape index (κ3) is 3.00. The molecule has 4 heteroatoms. The van der Waals surface area contributed by atoms with Crippen LogP contribution in [0.2, 0.25) is 0 Å². The first-order valence-electron chi connectivity index (χ1n) is 6.41. The van der Waals surface area contributed by atoms with Crippen LogP contribution >= 0.6 is 0 Å². The topological polar surface area (TPSA) is 62.3 Å². The molecule has 0 aliphatic carbocycles. The van der Waals surface area contributed by atoms with Crippen LogP contribution in [0.25, 0.3) is 0 Å². The van der Waals surface area contributed by atoms with Crippen LogP contribution < -0.4 is 10.8 Å². The van der Waals surface area contributed by atoms with Crippen LogP contribution in [0.1, 0.15) is 24.8 Å². The van der Waals surface area contributed by atoms with E-state index in [-0.39, 0.29) is 0 Å². The Hall–Kier alpha value is -1.57. The Morgan fingerprint density at radius 1 is 1.33 bits per heavy atom. The number of nitriles is 1. The zero-order valence-corrected chi connectivity index (χ0v) is 10.5. The molecule has 1 saturated heterocycles. The van der Waals surface area contributed by atoms with Crippen molar-refractivity contribution >= 4 is 5.69 Å². The summed E-state index contributed by atoms with van der Waals surface area (Å²) in [5.41, 5.74) is 1.83. The number of piperidine rings is 1. The van der Waals surface area contributed by atoms with Gasteiger partial charge in [0.2, 0.25) is 0 Å². The van der Waals surface area contributed by atoms with Gasteiger partial charge in [-0.3, -0.25) is 0 Å². The van der Waals surface area contributed by atoms with Gasteiger partial charge >= 0.3 is 0 Å². The van der Waals surface area contributed by atoms with Crippen LogP contribution in [-0.2, 0) is 4.84 Å². The molecule has 2 N–H and O–H groups in total. The predicted molar refractivity (Wildman–Crippen MR) is 70.9 cm³/mol. The number of rotatable bonds is 4. The number of hydrogen-bond acceptors (Lipinski definition) is 4. The third-order valence-corrected chi connectivity index (χ3v) is 3.62. The van der Waals surface area contributed by atoms with E-state index in [1.165, 1.54) is 0 Å². The van der Waals surface area contributed by atoms with Crippen molar-refractivity contribution in [1.29, 1.82) is 5.26 Å². The maximum atomic E-state index is 9.11. The first-order valence-corrected chi connectivity index (χ1v) is 6.41. The molecule has 0 saturated carbocycles. The largest absolute Gasteiger partial charge is 0.370 e. The second-order valence-corrected chi connectivity index (χ2v) is 4.72. The Bertz CT molecular complexity index is 419. The zero-order chi connectivity index (χ0) is 12.8. The molecule has 1 aliphatic heterocycles. The summed E-state index contributed by atoms with van der Waals surface area (Å²) in [6, 6.07) is 10.1. The predicted octanol–water partition coefficient (Wildman–Crippen LogP) is 2.06. The van der Waals surface area contributed by atoms with Crippen molar-refractivity contribution in [3.63, 3.8) is 0 Å². The molecule has 1 aromatic carbocycles. The second-order valence-electron chi connectivity index (χ2n) is 4.72. The van der Waals surface area contributed by atoms with E-state index in [0.717, 1.165) is 43.6 Å². The Morgan fingerprint density at radius 3 is 2.72 bits per heavy atom. The molecule has 1 aromatic rings.